The summed E-state index contributed by atoms with van der Waals surface area (Å²) in [5.74, 6) is 0.183. The molecule has 0 spiro atoms. The molecule has 0 radical (unpaired) electrons. The van der Waals surface area contributed by atoms with Crippen LogP contribution in [0.5, 0.6) is 0 Å². The van der Waals surface area contributed by atoms with E-state index in [9.17, 15) is 8.42 Å². The molecule has 0 saturated heterocycles. The summed E-state index contributed by atoms with van der Waals surface area (Å²) in [6.45, 7) is 0. The number of nitrogens with one attached hydrogen (secondary N) is 1. The Bertz CT molecular complexity index is 531. The molecule has 1 aliphatic rings. The van der Waals surface area contributed by atoms with Gasteiger partial charge in [0.15, 0.2) is 0 Å². The van der Waals surface area contributed by atoms with Crippen LogP contribution in [0.1, 0.15) is 32.1 Å². The molecule has 0 amide bonds. The standard InChI is InChI=1S/C11H17ClN4O2S/c1-16(9-5-3-2-4-6-9)19(17,18)15-11-7-10(12)13-8-14-11/h7-9H,2-6H2,1H3,(H,13,14,15). The van der Waals surface area contributed by atoms with Crippen LogP contribution in [0.25, 0.3) is 0 Å². The monoisotopic (exact) mass is 304 g/mol. The van der Waals surface area contributed by atoms with Gasteiger partial charge in [0.2, 0.25) is 0 Å². The van der Waals surface area contributed by atoms with Crippen LogP contribution in [0.2, 0.25) is 5.15 Å². The van der Waals surface area contributed by atoms with Gasteiger partial charge in [-0.3, -0.25) is 4.72 Å². The molecule has 106 valence electrons. The van der Waals surface area contributed by atoms with Crippen molar-refractivity contribution in [1.82, 2.24) is 14.3 Å². The number of halogens is 1. The Balaban J connectivity index is 2.08. The smallest absolute Gasteiger partial charge is 0.254 e. The van der Waals surface area contributed by atoms with Gasteiger partial charge >= 0.3 is 10.2 Å². The maximum atomic E-state index is 12.2. The number of nitrogens with zero attached hydrogens (tertiary/aromatic N) is 3. The molecule has 1 aliphatic carbocycles. The van der Waals surface area contributed by atoms with Crippen LogP contribution in [-0.4, -0.2) is 35.8 Å². The fourth-order valence-corrected chi connectivity index (χ4v) is 3.50. The maximum absolute atomic E-state index is 12.2. The van der Waals surface area contributed by atoms with Crippen molar-refractivity contribution in [2.45, 2.75) is 38.1 Å². The molecule has 1 aromatic rings. The summed E-state index contributed by atoms with van der Waals surface area (Å²) >= 11 is 5.70. The lowest BCUT2D eigenvalue weighted by Gasteiger charge is -2.30. The van der Waals surface area contributed by atoms with Crippen molar-refractivity contribution in [1.29, 1.82) is 0 Å². The predicted molar refractivity (Wildman–Crippen MR) is 74.2 cm³/mol. The Morgan fingerprint density at radius 1 is 1.32 bits per heavy atom. The molecule has 6 nitrogen and oxygen atoms in total. The highest BCUT2D eigenvalue weighted by molar-refractivity contribution is 7.90. The van der Waals surface area contributed by atoms with Crippen molar-refractivity contribution in [3.05, 3.63) is 17.5 Å². The number of rotatable bonds is 4. The zero-order valence-corrected chi connectivity index (χ0v) is 12.3. The van der Waals surface area contributed by atoms with Gasteiger partial charge in [0.1, 0.15) is 17.3 Å². The van der Waals surface area contributed by atoms with E-state index in [4.69, 9.17) is 11.6 Å². The summed E-state index contributed by atoms with van der Waals surface area (Å²) < 4.78 is 28.3. The van der Waals surface area contributed by atoms with Gasteiger partial charge in [-0.2, -0.15) is 12.7 Å². The minimum Gasteiger partial charge on any atom is -0.254 e. The highest BCUT2D eigenvalue weighted by Crippen LogP contribution is 2.24. The largest absolute Gasteiger partial charge is 0.302 e. The Morgan fingerprint density at radius 2 is 2.00 bits per heavy atom. The van der Waals surface area contributed by atoms with E-state index in [-0.39, 0.29) is 17.0 Å². The molecular formula is C11H17ClN4O2S. The zero-order valence-electron chi connectivity index (χ0n) is 10.7. The maximum Gasteiger partial charge on any atom is 0.302 e. The third kappa shape index (κ3) is 3.77. The summed E-state index contributed by atoms with van der Waals surface area (Å²) in [4.78, 5) is 7.55. The minimum atomic E-state index is -3.60. The Kier molecular flexibility index (Phi) is 4.59. The lowest BCUT2D eigenvalue weighted by atomic mass is 9.96. The normalized spacial score (nSPS) is 17.6. The van der Waals surface area contributed by atoms with Gasteiger partial charge in [-0.05, 0) is 12.8 Å². The van der Waals surface area contributed by atoms with E-state index in [0.717, 1.165) is 25.7 Å². The van der Waals surface area contributed by atoms with E-state index in [1.54, 1.807) is 7.05 Å². The third-order valence-corrected chi connectivity index (χ3v) is 5.07. The van der Waals surface area contributed by atoms with Crippen LogP contribution < -0.4 is 4.72 Å². The molecule has 2 rings (SSSR count). The minimum absolute atomic E-state index is 0.0589. The van der Waals surface area contributed by atoms with Crippen LogP contribution in [0.15, 0.2) is 12.4 Å². The second-order valence-corrected chi connectivity index (χ2v) is 6.76. The Morgan fingerprint density at radius 3 is 2.63 bits per heavy atom. The summed E-state index contributed by atoms with van der Waals surface area (Å²) in [5.41, 5.74) is 0. The first-order valence-electron chi connectivity index (χ1n) is 6.22. The van der Waals surface area contributed by atoms with Gasteiger partial charge in [-0.15, -0.1) is 0 Å². The number of anilines is 1. The molecule has 0 unspecified atom stereocenters. The van der Waals surface area contributed by atoms with E-state index in [1.165, 1.54) is 23.1 Å². The molecule has 1 heterocycles. The molecule has 1 fully saturated rings. The van der Waals surface area contributed by atoms with Crippen molar-refractivity contribution >= 4 is 27.6 Å². The first kappa shape index (κ1) is 14.5. The number of aromatic nitrogens is 2. The van der Waals surface area contributed by atoms with Crippen LogP contribution in [0.3, 0.4) is 0 Å². The van der Waals surface area contributed by atoms with Crippen molar-refractivity contribution in [3.8, 4) is 0 Å². The SMILES string of the molecule is CN(C1CCCCC1)S(=O)(=O)Nc1cc(Cl)ncn1. The fraction of sp³-hybridized carbons (Fsp3) is 0.636. The van der Waals surface area contributed by atoms with Crippen LogP contribution in [-0.2, 0) is 10.2 Å². The average molecular weight is 305 g/mol. The van der Waals surface area contributed by atoms with Gasteiger partial charge in [0.05, 0.1) is 0 Å². The van der Waals surface area contributed by atoms with Crippen LogP contribution in [0, 0.1) is 0 Å². The molecule has 8 heteroatoms. The van der Waals surface area contributed by atoms with Crippen LogP contribution in [0.4, 0.5) is 5.82 Å². The zero-order chi connectivity index (χ0) is 13.9. The summed E-state index contributed by atoms with van der Waals surface area (Å²) in [6.07, 6.45) is 6.36. The molecule has 0 aliphatic heterocycles. The molecule has 1 saturated carbocycles. The predicted octanol–water partition coefficient (Wildman–Crippen LogP) is 2.05. The van der Waals surface area contributed by atoms with E-state index < -0.39 is 10.2 Å². The summed E-state index contributed by atoms with van der Waals surface area (Å²) in [5, 5.41) is 0.202. The van der Waals surface area contributed by atoms with Crippen LogP contribution >= 0.6 is 11.6 Å². The lowest BCUT2D eigenvalue weighted by Crippen LogP contribution is -2.41. The first-order chi connectivity index (χ1) is 8.99. The highest BCUT2D eigenvalue weighted by Gasteiger charge is 2.27. The summed E-state index contributed by atoms with van der Waals surface area (Å²) in [6, 6.07) is 1.44. The van der Waals surface area contributed by atoms with E-state index >= 15 is 0 Å². The topological polar surface area (TPSA) is 75.2 Å². The molecule has 0 atom stereocenters. The van der Waals surface area contributed by atoms with E-state index in [2.05, 4.69) is 14.7 Å². The molecule has 0 bridgehead atoms. The number of hydrogen-bond acceptors (Lipinski definition) is 4. The summed E-state index contributed by atoms with van der Waals surface area (Å²) in [7, 11) is -2.00. The van der Waals surface area contributed by atoms with E-state index in [0.29, 0.717) is 0 Å². The Labute approximate surface area is 118 Å². The molecular weight excluding hydrogens is 288 g/mol. The van der Waals surface area contributed by atoms with Crippen molar-refractivity contribution < 1.29 is 8.42 Å². The van der Waals surface area contributed by atoms with Gasteiger partial charge < -0.3 is 0 Å². The van der Waals surface area contributed by atoms with Crippen molar-refractivity contribution in [2.24, 2.45) is 0 Å². The van der Waals surface area contributed by atoms with Gasteiger partial charge in [-0.25, -0.2) is 9.97 Å². The molecule has 1 aromatic heterocycles. The van der Waals surface area contributed by atoms with Gasteiger partial charge in [-0.1, -0.05) is 30.9 Å². The molecule has 0 aromatic carbocycles. The lowest BCUT2D eigenvalue weighted by molar-refractivity contribution is 0.287. The Hall–Kier alpha value is -0.920. The molecule has 19 heavy (non-hydrogen) atoms. The number of hydrogen-bond donors (Lipinski definition) is 1. The third-order valence-electron chi connectivity index (χ3n) is 3.34. The quantitative estimate of drug-likeness (QED) is 0.864. The molecule has 1 N–H and O–H groups in total. The highest BCUT2D eigenvalue weighted by atomic mass is 35.5. The van der Waals surface area contributed by atoms with Gasteiger partial charge in [0, 0.05) is 19.2 Å². The van der Waals surface area contributed by atoms with Crippen molar-refractivity contribution in [3.63, 3.8) is 0 Å². The van der Waals surface area contributed by atoms with Gasteiger partial charge in [0.25, 0.3) is 0 Å². The second kappa shape index (κ2) is 6.02. The van der Waals surface area contributed by atoms with Crippen molar-refractivity contribution in [2.75, 3.05) is 11.8 Å². The fourth-order valence-electron chi connectivity index (χ4n) is 2.23. The van der Waals surface area contributed by atoms with E-state index in [1.807, 2.05) is 0 Å². The second-order valence-electron chi connectivity index (χ2n) is 4.64. The average Bonchev–Trinajstić information content (AvgIpc) is 2.38. The first-order valence-corrected chi connectivity index (χ1v) is 8.04.